The summed E-state index contributed by atoms with van der Waals surface area (Å²) in [6.07, 6.45) is 0. The number of anilines is 1. The zero-order chi connectivity index (χ0) is 17.0. The van der Waals surface area contributed by atoms with E-state index in [1.54, 1.807) is 26.0 Å². The summed E-state index contributed by atoms with van der Waals surface area (Å²) < 4.78 is 10.1. The van der Waals surface area contributed by atoms with E-state index in [1.807, 2.05) is 0 Å². The fourth-order valence-electron chi connectivity index (χ4n) is 1.86. The molecule has 0 aliphatic rings. The van der Waals surface area contributed by atoms with Crippen LogP contribution in [-0.4, -0.2) is 30.6 Å². The predicted octanol–water partition coefficient (Wildman–Crippen LogP) is 3.54. The molecule has 1 aromatic carbocycles. The first-order valence-electron chi connectivity index (χ1n) is 6.75. The monoisotopic (exact) mass is 354 g/mol. The summed E-state index contributed by atoms with van der Waals surface area (Å²) in [5.74, 6) is -0.484. The van der Waals surface area contributed by atoms with Crippen molar-refractivity contribution in [2.24, 2.45) is 0 Å². The number of hydrogen-bond acceptors (Lipinski definition) is 6. The first-order valence-corrected chi connectivity index (χ1v) is 7.95. The Hall–Kier alpha value is -2.12. The highest BCUT2D eigenvalue weighted by molar-refractivity contribution is 7.17. The van der Waals surface area contributed by atoms with Gasteiger partial charge in [0.25, 0.3) is 5.91 Å². The molecule has 2 rings (SSSR count). The van der Waals surface area contributed by atoms with Gasteiger partial charge in [-0.25, -0.2) is 9.78 Å². The third-order valence-corrected chi connectivity index (χ3v) is 4.17. The molecule has 0 bridgehead atoms. The molecule has 0 fully saturated rings. The molecule has 1 heterocycles. The minimum Gasteiger partial charge on any atom is -0.496 e. The minimum atomic E-state index is -0.455. The highest BCUT2D eigenvalue weighted by atomic mass is 35.5. The summed E-state index contributed by atoms with van der Waals surface area (Å²) in [5.41, 5.74) is 0.785. The van der Waals surface area contributed by atoms with Crippen LogP contribution in [0.5, 0.6) is 5.75 Å². The van der Waals surface area contributed by atoms with E-state index in [-0.39, 0.29) is 12.2 Å². The van der Waals surface area contributed by atoms with Gasteiger partial charge in [0.05, 0.1) is 25.0 Å². The van der Waals surface area contributed by atoms with Crippen molar-refractivity contribution in [2.75, 3.05) is 19.0 Å². The molecule has 0 unspecified atom stereocenters. The van der Waals surface area contributed by atoms with Gasteiger partial charge in [0.15, 0.2) is 5.13 Å². The molecular formula is C15H15ClN2O4S. The first kappa shape index (κ1) is 17.2. The van der Waals surface area contributed by atoms with Crippen molar-refractivity contribution in [1.29, 1.82) is 0 Å². The van der Waals surface area contributed by atoms with Crippen LogP contribution in [0.2, 0.25) is 5.02 Å². The lowest BCUT2D eigenvalue weighted by molar-refractivity contribution is 0.0531. The molecule has 0 spiro atoms. The van der Waals surface area contributed by atoms with Crippen LogP contribution in [0.25, 0.3) is 0 Å². The Morgan fingerprint density at radius 3 is 2.78 bits per heavy atom. The maximum Gasteiger partial charge on any atom is 0.350 e. The van der Waals surface area contributed by atoms with Crippen LogP contribution in [0.3, 0.4) is 0 Å². The zero-order valence-electron chi connectivity index (χ0n) is 12.8. The number of aromatic nitrogens is 1. The molecule has 0 saturated carbocycles. The van der Waals surface area contributed by atoms with E-state index in [4.69, 9.17) is 21.1 Å². The normalized spacial score (nSPS) is 10.3. The molecule has 23 heavy (non-hydrogen) atoms. The second-order valence-corrected chi connectivity index (χ2v) is 5.89. The number of carbonyl (C=O) groups is 2. The van der Waals surface area contributed by atoms with E-state index in [0.29, 0.717) is 26.5 Å². The third-order valence-electron chi connectivity index (χ3n) is 2.88. The van der Waals surface area contributed by atoms with Crippen molar-refractivity contribution in [3.8, 4) is 5.75 Å². The van der Waals surface area contributed by atoms with Gasteiger partial charge in [-0.1, -0.05) is 22.9 Å². The van der Waals surface area contributed by atoms with Crippen molar-refractivity contribution in [2.45, 2.75) is 13.8 Å². The molecule has 0 saturated heterocycles. The number of thiazole rings is 1. The Morgan fingerprint density at radius 2 is 2.13 bits per heavy atom. The lowest BCUT2D eigenvalue weighted by Crippen LogP contribution is -2.13. The van der Waals surface area contributed by atoms with Gasteiger partial charge < -0.3 is 9.47 Å². The second-order valence-electron chi connectivity index (χ2n) is 4.45. The average Bonchev–Trinajstić information content (AvgIpc) is 2.88. The molecule has 1 N–H and O–H groups in total. The van der Waals surface area contributed by atoms with E-state index in [0.717, 1.165) is 11.3 Å². The standard InChI is InChI=1S/C15H15ClN2O4S/c1-4-22-14(20)12-8(2)17-15(23-12)18-13(19)10-7-9(16)5-6-11(10)21-3/h5-7H,4H2,1-3H3,(H,17,18,19). The third kappa shape index (κ3) is 4.00. The minimum absolute atomic E-state index is 0.275. The van der Waals surface area contributed by atoms with Gasteiger partial charge in [0.1, 0.15) is 10.6 Å². The number of nitrogens with one attached hydrogen (secondary N) is 1. The van der Waals surface area contributed by atoms with E-state index in [2.05, 4.69) is 10.3 Å². The highest BCUT2D eigenvalue weighted by Gasteiger charge is 2.19. The van der Waals surface area contributed by atoms with Gasteiger partial charge in [-0.05, 0) is 32.0 Å². The smallest absolute Gasteiger partial charge is 0.350 e. The molecule has 0 aliphatic heterocycles. The number of halogens is 1. The van der Waals surface area contributed by atoms with Crippen molar-refractivity contribution in [3.05, 3.63) is 39.4 Å². The molecule has 1 aromatic heterocycles. The molecule has 1 amide bonds. The SMILES string of the molecule is CCOC(=O)c1sc(NC(=O)c2cc(Cl)ccc2OC)nc1C. The van der Waals surface area contributed by atoms with E-state index in [9.17, 15) is 9.59 Å². The molecule has 2 aromatic rings. The summed E-state index contributed by atoms with van der Waals surface area (Å²) in [6, 6.07) is 4.74. The van der Waals surface area contributed by atoms with Gasteiger partial charge in [-0.15, -0.1) is 0 Å². The maximum atomic E-state index is 12.4. The number of benzene rings is 1. The number of hydrogen-bond donors (Lipinski definition) is 1. The van der Waals surface area contributed by atoms with Crippen LogP contribution >= 0.6 is 22.9 Å². The van der Waals surface area contributed by atoms with Gasteiger partial charge in [-0.2, -0.15) is 0 Å². The predicted molar refractivity (Wildman–Crippen MR) is 88.8 cm³/mol. The number of rotatable bonds is 5. The number of carbonyl (C=O) groups excluding carboxylic acids is 2. The average molecular weight is 355 g/mol. The summed E-state index contributed by atoms with van der Waals surface area (Å²) >= 11 is 6.97. The Bertz CT molecular complexity index is 745. The van der Waals surface area contributed by atoms with Crippen LogP contribution < -0.4 is 10.1 Å². The van der Waals surface area contributed by atoms with Gasteiger partial charge >= 0.3 is 5.97 Å². The van der Waals surface area contributed by atoms with Gasteiger partial charge in [0.2, 0.25) is 0 Å². The molecule has 0 atom stereocenters. The number of methoxy groups -OCH3 is 1. The van der Waals surface area contributed by atoms with E-state index >= 15 is 0 Å². The molecule has 122 valence electrons. The maximum absolute atomic E-state index is 12.4. The molecule has 0 aliphatic carbocycles. The van der Waals surface area contributed by atoms with Crippen molar-refractivity contribution in [3.63, 3.8) is 0 Å². The van der Waals surface area contributed by atoms with Crippen LogP contribution in [0, 0.1) is 6.92 Å². The molecule has 8 heteroatoms. The number of amides is 1. The molecular weight excluding hydrogens is 340 g/mol. The Morgan fingerprint density at radius 1 is 1.39 bits per heavy atom. The topological polar surface area (TPSA) is 77.5 Å². The van der Waals surface area contributed by atoms with E-state index < -0.39 is 11.9 Å². The summed E-state index contributed by atoms with van der Waals surface area (Å²) in [4.78, 5) is 28.7. The summed E-state index contributed by atoms with van der Waals surface area (Å²) in [6.45, 7) is 3.68. The lowest BCUT2D eigenvalue weighted by atomic mass is 10.2. The number of esters is 1. The van der Waals surface area contributed by atoms with Crippen LogP contribution in [0.4, 0.5) is 5.13 Å². The fraction of sp³-hybridized carbons (Fsp3) is 0.267. The Kier molecular flexibility index (Phi) is 5.57. The van der Waals surface area contributed by atoms with Crippen LogP contribution in [-0.2, 0) is 4.74 Å². The second kappa shape index (κ2) is 7.43. The van der Waals surface area contributed by atoms with E-state index in [1.165, 1.54) is 13.2 Å². The van der Waals surface area contributed by atoms with Crippen LogP contribution in [0.15, 0.2) is 18.2 Å². The number of aryl methyl sites for hydroxylation is 1. The summed E-state index contributed by atoms with van der Waals surface area (Å²) in [5, 5.41) is 3.36. The fourth-order valence-corrected chi connectivity index (χ4v) is 2.89. The number of ether oxygens (including phenoxy) is 2. The quantitative estimate of drug-likeness (QED) is 0.831. The lowest BCUT2D eigenvalue weighted by Gasteiger charge is -2.08. The van der Waals surface area contributed by atoms with Crippen LogP contribution in [0.1, 0.15) is 32.6 Å². The highest BCUT2D eigenvalue weighted by Crippen LogP contribution is 2.27. The Labute approximate surface area is 142 Å². The molecule has 0 radical (unpaired) electrons. The first-order chi connectivity index (χ1) is 11.0. The van der Waals surface area contributed by atoms with Crippen molar-refractivity contribution < 1.29 is 19.1 Å². The van der Waals surface area contributed by atoms with Crippen molar-refractivity contribution >= 4 is 39.9 Å². The number of nitrogens with zero attached hydrogens (tertiary/aromatic N) is 1. The Balaban J connectivity index is 2.23. The van der Waals surface area contributed by atoms with Crippen molar-refractivity contribution in [1.82, 2.24) is 4.98 Å². The largest absolute Gasteiger partial charge is 0.496 e. The van der Waals surface area contributed by atoms with Gasteiger partial charge in [-0.3, -0.25) is 10.1 Å². The summed E-state index contributed by atoms with van der Waals surface area (Å²) in [7, 11) is 1.46. The van der Waals surface area contributed by atoms with Gasteiger partial charge in [0, 0.05) is 5.02 Å². The molecule has 6 nitrogen and oxygen atoms in total. The zero-order valence-corrected chi connectivity index (χ0v) is 14.4.